The molecule has 1 aliphatic rings. The van der Waals surface area contributed by atoms with Crippen molar-refractivity contribution in [2.24, 2.45) is 0 Å². The van der Waals surface area contributed by atoms with E-state index in [4.69, 9.17) is 4.74 Å². The molecule has 0 spiro atoms. The molecule has 1 heterocycles. The molecule has 1 saturated heterocycles. The third-order valence-electron chi connectivity index (χ3n) is 2.08. The van der Waals surface area contributed by atoms with E-state index < -0.39 is 5.60 Å². The van der Waals surface area contributed by atoms with Gasteiger partial charge >= 0.3 is 0 Å². The summed E-state index contributed by atoms with van der Waals surface area (Å²) in [5, 5.41) is 0. The Kier molecular flexibility index (Phi) is 1.70. The van der Waals surface area contributed by atoms with E-state index in [9.17, 15) is 4.79 Å². The lowest BCUT2D eigenvalue weighted by molar-refractivity contribution is -0.112. The van der Waals surface area contributed by atoms with Gasteiger partial charge in [0, 0.05) is 6.42 Å². The Balaban J connectivity index is 2.09. The molecule has 62 valence electrons. The number of ether oxygens (including phenoxy) is 1. The first-order chi connectivity index (χ1) is 5.85. The van der Waals surface area contributed by atoms with Gasteiger partial charge in [0.2, 0.25) is 0 Å². The molecule has 2 rings (SSSR count). The Morgan fingerprint density at radius 2 is 2.08 bits per heavy atom. The van der Waals surface area contributed by atoms with Crippen LogP contribution >= 0.6 is 0 Å². The van der Waals surface area contributed by atoms with Crippen LogP contribution < -0.4 is 0 Å². The van der Waals surface area contributed by atoms with Crippen molar-refractivity contribution in [1.29, 1.82) is 0 Å². The Hall–Kier alpha value is -1.15. The fourth-order valence-electron chi connectivity index (χ4n) is 1.25. The van der Waals surface area contributed by atoms with Crippen LogP contribution in [0.5, 0.6) is 0 Å². The molecule has 2 heteroatoms. The lowest BCUT2D eigenvalue weighted by Gasteiger charge is -2.02. The minimum absolute atomic E-state index is 0.485. The van der Waals surface area contributed by atoms with Crippen molar-refractivity contribution in [3.05, 3.63) is 35.9 Å². The lowest BCUT2D eigenvalue weighted by Crippen LogP contribution is -2.16. The van der Waals surface area contributed by atoms with Crippen LogP contribution in [0.25, 0.3) is 0 Å². The second-order valence-electron chi connectivity index (χ2n) is 3.13. The maximum atomic E-state index is 10.6. The van der Waals surface area contributed by atoms with Gasteiger partial charge in [-0.05, 0) is 5.56 Å². The molecule has 1 aliphatic heterocycles. The van der Waals surface area contributed by atoms with E-state index in [-0.39, 0.29) is 0 Å². The van der Waals surface area contributed by atoms with Crippen molar-refractivity contribution in [3.63, 3.8) is 0 Å². The molecule has 0 amide bonds. The predicted molar refractivity (Wildman–Crippen MR) is 44.9 cm³/mol. The van der Waals surface area contributed by atoms with Gasteiger partial charge in [0.25, 0.3) is 0 Å². The molecule has 0 aliphatic carbocycles. The Morgan fingerprint density at radius 1 is 1.42 bits per heavy atom. The van der Waals surface area contributed by atoms with E-state index in [2.05, 4.69) is 0 Å². The summed E-state index contributed by atoms with van der Waals surface area (Å²) in [7, 11) is 0. The van der Waals surface area contributed by atoms with Crippen LogP contribution in [0.4, 0.5) is 0 Å². The van der Waals surface area contributed by atoms with Crippen molar-refractivity contribution in [2.75, 3.05) is 6.61 Å². The van der Waals surface area contributed by atoms with Gasteiger partial charge in [0.05, 0.1) is 6.61 Å². The van der Waals surface area contributed by atoms with Gasteiger partial charge in [-0.25, -0.2) is 0 Å². The summed E-state index contributed by atoms with van der Waals surface area (Å²) in [5.74, 6) is 0. The molecule has 12 heavy (non-hydrogen) atoms. The summed E-state index contributed by atoms with van der Waals surface area (Å²) in [4.78, 5) is 10.6. The summed E-state index contributed by atoms with van der Waals surface area (Å²) >= 11 is 0. The summed E-state index contributed by atoms with van der Waals surface area (Å²) in [5.41, 5.74) is 0.670. The number of carbonyl (C=O) groups excluding carboxylic acids is 1. The first-order valence-electron chi connectivity index (χ1n) is 3.99. The third-order valence-corrected chi connectivity index (χ3v) is 2.08. The largest absolute Gasteiger partial charge is 0.361 e. The molecular formula is C10H10O2. The number of hydrogen-bond donors (Lipinski definition) is 0. The number of aldehydes is 1. The van der Waals surface area contributed by atoms with E-state index in [1.165, 1.54) is 0 Å². The quantitative estimate of drug-likeness (QED) is 0.493. The normalized spacial score (nSPS) is 26.7. The van der Waals surface area contributed by atoms with E-state index in [0.29, 0.717) is 13.0 Å². The molecule has 0 N–H and O–H groups in total. The van der Waals surface area contributed by atoms with Crippen molar-refractivity contribution >= 4 is 6.29 Å². The molecule has 0 aromatic heterocycles. The van der Waals surface area contributed by atoms with E-state index in [1.807, 2.05) is 30.3 Å². The van der Waals surface area contributed by atoms with Crippen molar-refractivity contribution in [1.82, 2.24) is 0 Å². The molecule has 2 nitrogen and oxygen atoms in total. The average molecular weight is 162 g/mol. The van der Waals surface area contributed by atoms with Crippen LogP contribution in [-0.4, -0.2) is 18.5 Å². The predicted octanol–water partition coefficient (Wildman–Crippen LogP) is 1.20. The highest BCUT2D eigenvalue weighted by atomic mass is 16.6. The Morgan fingerprint density at radius 3 is 2.58 bits per heavy atom. The number of rotatable bonds is 3. The first-order valence-corrected chi connectivity index (χ1v) is 3.99. The highest BCUT2D eigenvalue weighted by molar-refractivity contribution is 5.67. The fourth-order valence-corrected chi connectivity index (χ4v) is 1.25. The average Bonchev–Trinajstić information content (AvgIpc) is 2.88. The molecule has 0 bridgehead atoms. The maximum Gasteiger partial charge on any atom is 0.154 e. The zero-order valence-electron chi connectivity index (χ0n) is 6.69. The van der Waals surface area contributed by atoms with Crippen LogP contribution in [0, 0.1) is 0 Å². The molecule has 1 aromatic rings. The van der Waals surface area contributed by atoms with E-state index in [0.717, 1.165) is 11.8 Å². The number of hydrogen-bond acceptors (Lipinski definition) is 2. The zero-order chi connectivity index (χ0) is 8.44. The van der Waals surface area contributed by atoms with Gasteiger partial charge in [-0.3, -0.25) is 0 Å². The number of carbonyl (C=O) groups is 1. The van der Waals surface area contributed by atoms with Gasteiger partial charge < -0.3 is 9.53 Å². The number of epoxide rings is 1. The molecule has 1 aromatic carbocycles. The van der Waals surface area contributed by atoms with E-state index >= 15 is 0 Å². The summed E-state index contributed by atoms with van der Waals surface area (Å²) in [6, 6.07) is 9.91. The molecule has 0 saturated carbocycles. The van der Waals surface area contributed by atoms with E-state index in [1.54, 1.807) is 0 Å². The third kappa shape index (κ3) is 1.38. The van der Waals surface area contributed by atoms with Gasteiger partial charge in [-0.2, -0.15) is 0 Å². The standard InChI is InChI=1S/C10H10O2/c11-7-10(8-12-10)6-9-4-2-1-3-5-9/h1-5,7H,6,8H2/t10-/m0/s1. The topological polar surface area (TPSA) is 29.6 Å². The minimum atomic E-state index is -0.485. The molecule has 1 atom stereocenters. The highest BCUT2D eigenvalue weighted by Crippen LogP contribution is 2.28. The smallest absolute Gasteiger partial charge is 0.154 e. The van der Waals surface area contributed by atoms with Crippen LogP contribution in [0.2, 0.25) is 0 Å². The van der Waals surface area contributed by atoms with Crippen LogP contribution in [0.3, 0.4) is 0 Å². The van der Waals surface area contributed by atoms with Gasteiger partial charge in [-0.1, -0.05) is 30.3 Å². The summed E-state index contributed by atoms with van der Waals surface area (Å²) < 4.78 is 5.08. The molecule has 0 radical (unpaired) electrons. The second kappa shape index (κ2) is 2.72. The lowest BCUT2D eigenvalue weighted by atomic mass is 10.0. The van der Waals surface area contributed by atoms with Crippen molar-refractivity contribution in [2.45, 2.75) is 12.0 Å². The summed E-state index contributed by atoms with van der Waals surface area (Å²) in [6.45, 7) is 0.575. The van der Waals surface area contributed by atoms with Crippen molar-refractivity contribution in [3.8, 4) is 0 Å². The minimum Gasteiger partial charge on any atom is -0.361 e. The van der Waals surface area contributed by atoms with Gasteiger partial charge in [0.1, 0.15) is 0 Å². The molecule has 1 fully saturated rings. The zero-order valence-corrected chi connectivity index (χ0v) is 6.69. The Bertz CT molecular complexity index is 275. The monoisotopic (exact) mass is 162 g/mol. The van der Waals surface area contributed by atoms with Crippen molar-refractivity contribution < 1.29 is 9.53 Å². The second-order valence-corrected chi connectivity index (χ2v) is 3.13. The van der Waals surface area contributed by atoms with Crippen LogP contribution in [0.1, 0.15) is 5.56 Å². The fraction of sp³-hybridized carbons (Fsp3) is 0.300. The van der Waals surface area contributed by atoms with Crippen LogP contribution in [-0.2, 0) is 16.0 Å². The molecule has 0 unspecified atom stereocenters. The molecular weight excluding hydrogens is 152 g/mol. The van der Waals surface area contributed by atoms with Crippen LogP contribution in [0.15, 0.2) is 30.3 Å². The Labute approximate surface area is 71.2 Å². The number of benzene rings is 1. The van der Waals surface area contributed by atoms with Gasteiger partial charge in [0.15, 0.2) is 11.9 Å². The maximum absolute atomic E-state index is 10.6. The summed E-state index contributed by atoms with van der Waals surface area (Å²) in [6.07, 6.45) is 1.61. The highest BCUT2D eigenvalue weighted by Gasteiger charge is 2.44. The van der Waals surface area contributed by atoms with Gasteiger partial charge in [-0.15, -0.1) is 0 Å². The SMILES string of the molecule is O=C[C@@]1(Cc2ccccc2)CO1. The first kappa shape index (κ1) is 7.50.